The van der Waals surface area contributed by atoms with E-state index in [1.807, 2.05) is 0 Å². The van der Waals surface area contributed by atoms with E-state index in [1.165, 1.54) is 6.92 Å². The largest absolute Gasteiger partial charge is 0.415 e. The number of rotatable bonds is 3. The summed E-state index contributed by atoms with van der Waals surface area (Å²) in [6.45, 7) is 7.97. The molecule has 0 bridgehead atoms. The number of likely N-dealkylation sites (N-methyl/N-ethyl adjacent to an activating group) is 1. The van der Waals surface area contributed by atoms with Crippen LogP contribution in [-0.4, -0.2) is 13.2 Å². The third kappa shape index (κ3) is 3.83. The van der Waals surface area contributed by atoms with Crippen LogP contribution in [0.5, 0.6) is 0 Å². The summed E-state index contributed by atoms with van der Waals surface area (Å²) in [5, 5.41) is 2.65. The van der Waals surface area contributed by atoms with E-state index in [4.69, 9.17) is 0 Å². The summed E-state index contributed by atoms with van der Waals surface area (Å²) in [7, 11) is 1.59. The Balaban J connectivity index is 4.59. The van der Waals surface area contributed by atoms with Crippen molar-refractivity contribution in [2.45, 2.75) is 13.1 Å². The Labute approximate surface area is 75.6 Å². The summed E-state index contributed by atoms with van der Waals surface area (Å²) in [4.78, 5) is 0. The van der Waals surface area contributed by atoms with Gasteiger partial charge in [0, 0.05) is 18.3 Å². The highest BCUT2D eigenvalue weighted by molar-refractivity contribution is 5.33. The Morgan fingerprint density at radius 1 is 1.31 bits per heavy atom. The molecule has 0 spiro atoms. The first kappa shape index (κ1) is 11.8. The molecule has 1 nitrogen and oxygen atoms in total. The zero-order valence-corrected chi connectivity index (χ0v) is 7.63. The molecule has 0 fully saturated rings. The second kappa shape index (κ2) is 4.16. The van der Waals surface area contributed by atoms with Gasteiger partial charge in [0.25, 0.3) is 0 Å². The van der Waals surface area contributed by atoms with Crippen LogP contribution in [-0.2, 0) is 0 Å². The molecular weight excluding hydrogens is 179 g/mol. The topological polar surface area (TPSA) is 12.0 Å². The van der Waals surface area contributed by atoms with Crippen molar-refractivity contribution < 1.29 is 13.2 Å². The van der Waals surface area contributed by atoms with Gasteiger partial charge in [0.1, 0.15) is 0 Å². The summed E-state index contributed by atoms with van der Waals surface area (Å²) < 4.78 is 35.9. The number of allylic oxidation sites excluding steroid dienone is 3. The van der Waals surface area contributed by atoms with Gasteiger partial charge in [-0.3, -0.25) is 0 Å². The van der Waals surface area contributed by atoms with Crippen LogP contribution in [0.15, 0.2) is 36.1 Å². The Kier molecular flexibility index (Phi) is 3.78. The number of alkyl halides is 3. The fourth-order valence-electron chi connectivity index (χ4n) is 0.627. The Morgan fingerprint density at radius 2 is 1.77 bits per heavy atom. The molecule has 4 heteroatoms. The second-order valence-corrected chi connectivity index (χ2v) is 2.58. The molecule has 0 aliphatic rings. The highest BCUT2D eigenvalue weighted by Crippen LogP contribution is 2.26. The predicted octanol–water partition coefficient (Wildman–Crippen LogP) is 2.78. The second-order valence-electron chi connectivity index (χ2n) is 2.58. The maximum Gasteiger partial charge on any atom is 0.415 e. The lowest BCUT2D eigenvalue weighted by Gasteiger charge is -2.08. The maximum absolute atomic E-state index is 12.0. The minimum Gasteiger partial charge on any atom is -0.388 e. The molecule has 1 N–H and O–H groups in total. The van der Waals surface area contributed by atoms with Crippen molar-refractivity contribution in [3.05, 3.63) is 36.1 Å². The van der Waals surface area contributed by atoms with Crippen molar-refractivity contribution in [2.24, 2.45) is 0 Å². The van der Waals surface area contributed by atoms with Crippen LogP contribution in [0.25, 0.3) is 0 Å². The van der Waals surface area contributed by atoms with Gasteiger partial charge in [-0.1, -0.05) is 13.2 Å². The average Bonchev–Trinajstić information content (AvgIpc) is 2.01. The molecule has 0 aliphatic heterocycles. The third-order valence-corrected chi connectivity index (χ3v) is 1.53. The molecule has 0 atom stereocenters. The molecule has 0 saturated carbocycles. The lowest BCUT2D eigenvalue weighted by Crippen LogP contribution is -2.11. The first-order valence-corrected chi connectivity index (χ1v) is 3.60. The smallest absolute Gasteiger partial charge is 0.388 e. The quantitative estimate of drug-likeness (QED) is 0.676. The molecule has 0 aromatic rings. The van der Waals surface area contributed by atoms with Gasteiger partial charge in [-0.25, -0.2) is 0 Å². The molecule has 0 aromatic carbocycles. The Bertz CT molecular complexity index is 248. The van der Waals surface area contributed by atoms with E-state index >= 15 is 0 Å². The zero-order chi connectivity index (χ0) is 10.6. The van der Waals surface area contributed by atoms with Gasteiger partial charge in [-0.15, -0.1) is 0 Å². The van der Waals surface area contributed by atoms with Gasteiger partial charge < -0.3 is 5.32 Å². The third-order valence-electron chi connectivity index (χ3n) is 1.53. The van der Waals surface area contributed by atoms with Crippen molar-refractivity contribution in [2.75, 3.05) is 7.05 Å². The highest BCUT2D eigenvalue weighted by atomic mass is 19.4. The number of halogens is 3. The van der Waals surface area contributed by atoms with E-state index in [0.29, 0.717) is 11.3 Å². The lowest BCUT2D eigenvalue weighted by atomic mass is 10.1. The summed E-state index contributed by atoms with van der Waals surface area (Å²) in [5.74, 6) is 0. The Morgan fingerprint density at radius 3 is 2.08 bits per heavy atom. The number of hydrogen-bond acceptors (Lipinski definition) is 1. The molecule has 74 valence electrons. The fourth-order valence-corrected chi connectivity index (χ4v) is 0.627. The molecule has 0 amide bonds. The standard InChI is InChI=1S/C9H12F3N/c1-6(8(3)13-4)5-7(2)9(10,11)12/h5,13H,2-3H2,1,4H3/b6-5+. The van der Waals surface area contributed by atoms with E-state index in [0.717, 1.165) is 6.08 Å². The van der Waals surface area contributed by atoms with Crippen molar-refractivity contribution >= 4 is 0 Å². The molecular formula is C9H12F3N. The monoisotopic (exact) mass is 191 g/mol. The Hall–Kier alpha value is -1.19. The summed E-state index contributed by atoms with van der Waals surface area (Å²) in [6.07, 6.45) is -3.41. The van der Waals surface area contributed by atoms with Crippen LogP contribution < -0.4 is 5.32 Å². The van der Waals surface area contributed by atoms with Crippen molar-refractivity contribution in [3.63, 3.8) is 0 Å². The zero-order valence-electron chi connectivity index (χ0n) is 7.63. The molecule has 0 rings (SSSR count). The molecule has 13 heavy (non-hydrogen) atoms. The van der Waals surface area contributed by atoms with E-state index < -0.39 is 11.7 Å². The average molecular weight is 191 g/mol. The van der Waals surface area contributed by atoms with E-state index in [1.54, 1.807) is 7.05 Å². The van der Waals surface area contributed by atoms with Crippen LogP contribution in [0, 0.1) is 0 Å². The SMILES string of the molecule is C=C(NC)/C(C)=C/C(=C)C(F)(F)F. The van der Waals surface area contributed by atoms with Gasteiger partial charge in [0.2, 0.25) is 0 Å². The van der Waals surface area contributed by atoms with Gasteiger partial charge in [-0.05, 0) is 18.6 Å². The number of hydrogen-bond donors (Lipinski definition) is 1. The lowest BCUT2D eigenvalue weighted by molar-refractivity contribution is -0.0878. The molecule has 0 aliphatic carbocycles. The van der Waals surface area contributed by atoms with Crippen LogP contribution in [0.4, 0.5) is 13.2 Å². The van der Waals surface area contributed by atoms with Gasteiger partial charge in [-0.2, -0.15) is 13.2 Å². The molecule has 0 unspecified atom stereocenters. The van der Waals surface area contributed by atoms with E-state index in [-0.39, 0.29) is 0 Å². The molecule has 0 radical (unpaired) electrons. The molecule has 0 aromatic heterocycles. The van der Waals surface area contributed by atoms with Crippen LogP contribution in [0.1, 0.15) is 6.92 Å². The minimum atomic E-state index is -4.37. The summed E-state index contributed by atoms with van der Waals surface area (Å²) in [5.41, 5.74) is -0.00312. The molecule has 0 saturated heterocycles. The van der Waals surface area contributed by atoms with Gasteiger partial charge in [0.15, 0.2) is 0 Å². The van der Waals surface area contributed by atoms with Crippen LogP contribution in [0.2, 0.25) is 0 Å². The predicted molar refractivity (Wildman–Crippen MR) is 47.2 cm³/mol. The van der Waals surface area contributed by atoms with Crippen LogP contribution >= 0.6 is 0 Å². The molecule has 0 heterocycles. The van der Waals surface area contributed by atoms with E-state index in [2.05, 4.69) is 18.5 Å². The summed E-state index contributed by atoms with van der Waals surface area (Å²) >= 11 is 0. The first-order chi connectivity index (χ1) is 5.79. The highest BCUT2D eigenvalue weighted by Gasteiger charge is 2.30. The van der Waals surface area contributed by atoms with Crippen molar-refractivity contribution in [3.8, 4) is 0 Å². The minimum absolute atomic E-state index is 0.421. The maximum atomic E-state index is 12.0. The van der Waals surface area contributed by atoms with Gasteiger partial charge in [0.05, 0.1) is 0 Å². The van der Waals surface area contributed by atoms with Crippen molar-refractivity contribution in [1.29, 1.82) is 0 Å². The van der Waals surface area contributed by atoms with Gasteiger partial charge >= 0.3 is 6.18 Å². The summed E-state index contributed by atoms with van der Waals surface area (Å²) in [6, 6.07) is 0. The van der Waals surface area contributed by atoms with Crippen LogP contribution in [0.3, 0.4) is 0 Å². The number of nitrogens with one attached hydrogen (secondary N) is 1. The normalized spacial score (nSPS) is 12.5. The fraction of sp³-hybridized carbons (Fsp3) is 0.333. The van der Waals surface area contributed by atoms with E-state index in [9.17, 15) is 13.2 Å². The van der Waals surface area contributed by atoms with Crippen molar-refractivity contribution in [1.82, 2.24) is 5.32 Å². The first-order valence-electron chi connectivity index (χ1n) is 3.60.